The Hall–Kier alpha value is -3.10. The lowest BCUT2D eigenvalue weighted by atomic mass is 10.2. The highest BCUT2D eigenvalue weighted by atomic mass is 16.4. The van der Waals surface area contributed by atoms with Gasteiger partial charge in [0.25, 0.3) is 5.56 Å². The van der Waals surface area contributed by atoms with Crippen LogP contribution in [0.4, 0.5) is 0 Å². The van der Waals surface area contributed by atoms with Gasteiger partial charge in [-0.15, -0.1) is 0 Å². The van der Waals surface area contributed by atoms with E-state index in [0.717, 1.165) is 0 Å². The molecule has 9 heteroatoms. The number of para-hydroxylation sites is 1. The molecule has 0 unspecified atom stereocenters. The number of hydrogen-bond acceptors (Lipinski definition) is 6. The number of carbonyl (C=O) groups is 2. The zero-order chi connectivity index (χ0) is 15.6. The third kappa shape index (κ3) is 2.91. The van der Waals surface area contributed by atoms with Crippen molar-refractivity contribution in [2.24, 2.45) is 0 Å². The SMILES string of the molecule is O=C(O)CNC(=O)Cn1c(=O)oc2c(O)cccc2c1=O. The number of phenols is 1. The normalized spacial score (nSPS) is 10.5. The first-order valence-electron chi connectivity index (χ1n) is 5.74. The average molecular weight is 294 g/mol. The van der Waals surface area contributed by atoms with Crippen molar-refractivity contribution in [2.75, 3.05) is 6.54 Å². The van der Waals surface area contributed by atoms with Crippen LogP contribution >= 0.6 is 0 Å². The molecule has 1 aromatic carbocycles. The van der Waals surface area contributed by atoms with Gasteiger partial charge >= 0.3 is 11.7 Å². The van der Waals surface area contributed by atoms with Gasteiger partial charge in [-0.3, -0.25) is 14.4 Å². The van der Waals surface area contributed by atoms with E-state index in [0.29, 0.717) is 4.57 Å². The number of carboxylic acids is 1. The Kier molecular flexibility index (Phi) is 3.74. The van der Waals surface area contributed by atoms with Gasteiger partial charge in [-0.1, -0.05) is 6.07 Å². The number of aromatic hydroxyl groups is 1. The number of phenolic OH excluding ortho intramolecular Hbond substituents is 1. The van der Waals surface area contributed by atoms with E-state index in [2.05, 4.69) is 0 Å². The molecule has 0 spiro atoms. The largest absolute Gasteiger partial charge is 0.504 e. The number of hydrogen-bond donors (Lipinski definition) is 3. The maximum Gasteiger partial charge on any atom is 0.422 e. The number of amides is 1. The molecule has 0 saturated heterocycles. The lowest BCUT2D eigenvalue weighted by molar-refractivity contribution is -0.138. The fourth-order valence-electron chi connectivity index (χ4n) is 1.68. The zero-order valence-electron chi connectivity index (χ0n) is 10.5. The van der Waals surface area contributed by atoms with Crippen LogP contribution in [0, 0.1) is 0 Å². The quantitative estimate of drug-likeness (QED) is 0.647. The molecule has 110 valence electrons. The predicted octanol–water partition coefficient (Wildman–Crippen LogP) is -1.14. The van der Waals surface area contributed by atoms with Gasteiger partial charge < -0.3 is 19.9 Å². The van der Waals surface area contributed by atoms with E-state index in [1.54, 1.807) is 0 Å². The van der Waals surface area contributed by atoms with E-state index in [1.165, 1.54) is 18.2 Å². The van der Waals surface area contributed by atoms with Gasteiger partial charge in [0.05, 0.1) is 5.39 Å². The molecule has 0 fully saturated rings. The van der Waals surface area contributed by atoms with Crippen LogP contribution < -0.4 is 16.6 Å². The lowest BCUT2D eigenvalue weighted by Crippen LogP contribution is -2.40. The lowest BCUT2D eigenvalue weighted by Gasteiger charge is -2.06. The molecule has 0 aliphatic heterocycles. The highest BCUT2D eigenvalue weighted by Gasteiger charge is 2.15. The third-order valence-corrected chi connectivity index (χ3v) is 2.62. The minimum atomic E-state index is -1.26. The number of aromatic nitrogens is 1. The number of rotatable bonds is 4. The number of aliphatic carboxylic acids is 1. The van der Waals surface area contributed by atoms with Crippen LogP contribution in [0.1, 0.15) is 0 Å². The maximum atomic E-state index is 12.1. The molecule has 1 heterocycles. The molecule has 21 heavy (non-hydrogen) atoms. The van der Waals surface area contributed by atoms with Crippen LogP contribution in [0.25, 0.3) is 11.0 Å². The van der Waals surface area contributed by atoms with Crippen molar-refractivity contribution >= 4 is 22.8 Å². The monoisotopic (exact) mass is 294 g/mol. The molecule has 0 aliphatic carbocycles. The van der Waals surface area contributed by atoms with Gasteiger partial charge in [0, 0.05) is 0 Å². The second kappa shape index (κ2) is 5.49. The van der Waals surface area contributed by atoms with Crippen molar-refractivity contribution in [1.82, 2.24) is 9.88 Å². The summed E-state index contributed by atoms with van der Waals surface area (Å²) in [6.45, 7) is -1.31. The van der Waals surface area contributed by atoms with Crippen molar-refractivity contribution in [3.63, 3.8) is 0 Å². The maximum absolute atomic E-state index is 12.1. The second-order valence-electron chi connectivity index (χ2n) is 4.08. The van der Waals surface area contributed by atoms with E-state index < -0.39 is 36.3 Å². The Balaban J connectivity index is 2.42. The molecule has 0 saturated carbocycles. The van der Waals surface area contributed by atoms with Gasteiger partial charge in [0.2, 0.25) is 5.91 Å². The van der Waals surface area contributed by atoms with Gasteiger partial charge in [-0.05, 0) is 12.1 Å². The summed E-state index contributed by atoms with van der Waals surface area (Å²) in [5.41, 5.74) is -1.09. The Morgan fingerprint density at radius 3 is 2.67 bits per heavy atom. The predicted molar refractivity (Wildman–Crippen MR) is 69.1 cm³/mol. The summed E-state index contributed by atoms with van der Waals surface area (Å²) in [6, 6.07) is 3.95. The van der Waals surface area contributed by atoms with Crippen LogP contribution in [-0.2, 0) is 16.1 Å². The molecular weight excluding hydrogens is 284 g/mol. The minimum Gasteiger partial charge on any atom is -0.504 e. The summed E-state index contributed by atoms with van der Waals surface area (Å²) < 4.78 is 5.30. The van der Waals surface area contributed by atoms with Crippen molar-refractivity contribution in [1.29, 1.82) is 0 Å². The topological polar surface area (TPSA) is 139 Å². The Labute approximate surface area is 116 Å². The highest BCUT2D eigenvalue weighted by Crippen LogP contribution is 2.19. The minimum absolute atomic E-state index is 0.0689. The first-order valence-corrected chi connectivity index (χ1v) is 5.74. The molecule has 0 bridgehead atoms. The molecule has 0 atom stereocenters. The second-order valence-corrected chi connectivity index (χ2v) is 4.08. The molecule has 2 rings (SSSR count). The molecule has 1 amide bonds. The molecular formula is C12H10N2O7. The van der Waals surface area contributed by atoms with E-state index in [-0.39, 0.29) is 16.7 Å². The summed E-state index contributed by atoms with van der Waals surface area (Å²) in [5, 5.41) is 19.9. The van der Waals surface area contributed by atoms with Crippen molar-refractivity contribution in [3.8, 4) is 5.75 Å². The fraction of sp³-hybridized carbons (Fsp3) is 0.167. The molecule has 0 aliphatic rings. The van der Waals surface area contributed by atoms with Crippen LogP contribution in [0.5, 0.6) is 5.75 Å². The first-order chi connectivity index (χ1) is 9.90. The number of carboxylic acid groups (broad SMARTS) is 1. The smallest absolute Gasteiger partial charge is 0.422 e. The summed E-state index contributed by atoms with van der Waals surface area (Å²) >= 11 is 0. The fourth-order valence-corrected chi connectivity index (χ4v) is 1.68. The Morgan fingerprint density at radius 2 is 2.00 bits per heavy atom. The van der Waals surface area contributed by atoms with Crippen LogP contribution in [-0.4, -0.2) is 33.2 Å². The van der Waals surface area contributed by atoms with Crippen molar-refractivity contribution in [3.05, 3.63) is 39.1 Å². The summed E-state index contributed by atoms with van der Waals surface area (Å²) in [5.74, 6) is -3.58. The van der Waals surface area contributed by atoms with Gasteiger partial charge in [-0.2, -0.15) is 0 Å². The van der Waals surface area contributed by atoms with Gasteiger partial charge in [-0.25, -0.2) is 9.36 Å². The number of benzene rings is 1. The molecule has 9 nitrogen and oxygen atoms in total. The number of fused-ring (bicyclic) bond motifs is 1. The zero-order valence-corrected chi connectivity index (χ0v) is 10.5. The van der Waals surface area contributed by atoms with Crippen molar-refractivity contribution < 1.29 is 24.2 Å². The molecule has 2 aromatic rings. The first kappa shape index (κ1) is 14.3. The van der Waals surface area contributed by atoms with E-state index in [4.69, 9.17) is 9.52 Å². The molecule has 0 radical (unpaired) electrons. The van der Waals surface area contributed by atoms with Gasteiger partial charge in [0.1, 0.15) is 13.1 Å². The van der Waals surface area contributed by atoms with E-state index >= 15 is 0 Å². The molecule has 1 aromatic heterocycles. The van der Waals surface area contributed by atoms with E-state index in [1.807, 2.05) is 5.32 Å². The summed E-state index contributed by atoms with van der Waals surface area (Å²) in [6.07, 6.45) is 0. The Bertz CT molecular complexity index is 834. The summed E-state index contributed by atoms with van der Waals surface area (Å²) in [7, 11) is 0. The third-order valence-electron chi connectivity index (χ3n) is 2.62. The Morgan fingerprint density at radius 1 is 1.29 bits per heavy atom. The highest BCUT2D eigenvalue weighted by molar-refractivity contribution is 5.83. The standard InChI is InChI=1S/C12H10N2O7/c15-7-3-1-2-6-10(7)21-12(20)14(11(6)19)5-8(16)13-4-9(17)18/h1-3,15H,4-5H2,(H,13,16)(H,17,18). The molecule has 3 N–H and O–H groups in total. The van der Waals surface area contributed by atoms with Gasteiger partial charge in [0.15, 0.2) is 11.3 Å². The van der Waals surface area contributed by atoms with Crippen LogP contribution in [0.3, 0.4) is 0 Å². The van der Waals surface area contributed by atoms with E-state index in [9.17, 15) is 24.3 Å². The van der Waals surface area contributed by atoms with Crippen LogP contribution in [0.2, 0.25) is 0 Å². The van der Waals surface area contributed by atoms with Crippen molar-refractivity contribution in [2.45, 2.75) is 6.54 Å². The average Bonchev–Trinajstić information content (AvgIpc) is 2.42. The number of nitrogens with one attached hydrogen (secondary N) is 1. The van der Waals surface area contributed by atoms with Crippen LogP contribution in [0.15, 0.2) is 32.2 Å². The number of carbonyl (C=O) groups excluding carboxylic acids is 1. The summed E-state index contributed by atoms with van der Waals surface area (Å²) in [4.78, 5) is 45.5. The number of nitrogens with zero attached hydrogens (tertiary/aromatic N) is 1.